The largest absolute Gasteiger partial charge is 0.388 e. The van der Waals surface area contributed by atoms with E-state index in [9.17, 15) is 10.5 Å². The van der Waals surface area contributed by atoms with Crippen LogP contribution in [0, 0.1) is 59.5 Å². The summed E-state index contributed by atoms with van der Waals surface area (Å²) < 4.78 is 11.2. The van der Waals surface area contributed by atoms with Crippen LogP contribution in [0.5, 0.6) is 11.5 Å². The Kier molecular flexibility index (Phi) is 5.21. The molecule has 0 spiro atoms. The first-order valence-corrected chi connectivity index (χ1v) is 12.5. The van der Waals surface area contributed by atoms with Crippen LogP contribution in [0.2, 0.25) is 0 Å². The van der Waals surface area contributed by atoms with Crippen LogP contribution >= 0.6 is 0 Å². The van der Waals surface area contributed by atoms with Crippen molar-refractivity contribution in [3.05, 3.63) is 58.7 Å². The molecule has 5 atom stereocenters. The van der Waals surface area contributed by atoms with Crippen LogP contribution in [0.15, 0.2) is 36.4 Å². The zero-order valence-electron chi connectivity index (χ0n) is 20.9. The third-order valence-corrected chi connectivity index (χ3v) is 9.39. The van der Waals surface area contributed by atoms with E-state index in [-0.39, 0.29) is 22.2 Å². The maximum absolute atomic E-state index is 9.51. The zero-order valence-corrected chi connectivity index (χ0v) is 20.9. The molecular weight excluding hydrogens is 420 g/mol. The van der Waals surface area contributed by atoms with E-state index in [1.807, 2.05) is 38.5 Å². The molecule has 0 N–H and O–H groups in total. The van der Waals surface area contributed by atoms with E-state index in [1.54, 1.807) is 0 Å². The summed E-state index contributed by atoms with van der Waals surface area (Å²) in [7, 11) is 0. The molecule has 0 amide bonds. The predicted molar refractivity (Wildman–Crippen MR) is 131 cm³/mol. The van der Waals surface area contributed by atoms with E-state index in [2.05, 4.69) is 45.0 Å². The van der Waals surface area contributed by atoms with Gasteiger partial charge in [0, 0.05) is 22.5 Å². The van der Waals surface area contributed by atoms with Gasteiger partial charge in [-0.1, -0.05) is 45.0 Å². The molecule has 4 fully saturated rings. The molecule has 2 aromatic rings. The molecule has 5 unspecified atom stereocenters. The van der Waals surface area contributed by atoms with Crippen LogP contribution in [-0.2, 0) is 5.41 Å². The topological polar surface area (TPSA) is 66.0 Å². The van der Waals surface area contributed by atoms with E-state index >= 15 is 0 Å². The van der Waals surface area contributed by atoms with Crippen molar-refractivity contribution in [3.8, 4) is 24.0 Å². The van der Waals surface area contributed by atoms with Gasteiger partial charge >= 0.3 is 0 Å². The summed E-state index contributed by atoms with van der Waals surface area (Å²) in [4.78, 5) is 0. The lowest BCUT2D eigenvalue weighted by molar-refractivity contribution is -0.152. The van der Waals surface area contributed by atoms with Crippen LogP contribution in [0.25, 0.3) is 0 Å². The van der Waals surface area contributed by atoms with Crippen LogP contribution in [0.1, 0.15) is 81.0 Å². The highest BCUT2D eigenvalue weighted by Crippen LogP contribution is 2.76. The Balaban J connectivity index is 1.79. The first kappa shape index (κ1) is 22.8. The number of benzene rings is 2. The van der Waals surface area contributed by atoms with E-state index in [0.717, 1.165) is 35.1 Å². The quantitative estimate of drug-likeness (QED) is 0.445. The second-order valence-electron chi connectivity index (χ2n) is 12.1. The maximum atomic E-state index is 9.51. The Morgan fingerprint density at radius 1 is 0.882 bits per heavy atom. The van der Waals surface area contributed by atoms with Gasteiger partial charge in [-0.05, 0) is 91.9 Å². The van der Waals surface area contributed by atoms with Gasteiger partial charge in [0.15, 0.2) is 0 Å². The van der Waals surface area contributed by atoms with Crippen LogP contribution in [0.3, 0.4) is 0 Å². The Bertz CT molecular complexity index is 1220. The average molecular weight is 455 g/mol. The van der Waals surface area contributed by atoms with E-state index in [4.69, 9.17) is 9.47 Å². The van der Waals surface area contributed by atoms with E-state index < -0.39 is 0 Å². The number of nitrogens with zero attached hydrogens (tertiary/aromatic N) is 2. The minimum Gasteiger partial charge on any atom is -0.388 e. The van der Waals surface area contributed by atoms with Crippen molar-refractivity contribution in [3.63, 3.8) is 0 Å². The molecule has 0 aliphatic heterocycles. The molecule has 0 saturated heterocycles. The first-order valence-electron chi connectivity index (χ1n) is 12.5. The normalized spacial score (nSPS) is 33.4. The second kappa shape index (κ2) is 7.78. The van der Waals surface area contributed by atoms with Crippen molar-refractivity contribution in [1.29, 1.82) is 10.5 Å². The molecule has 4 bridgehead atoms. The predicted octanol–water partition coefficient (Wildman–Crippen LogP) is 7.30. The number of hydrogen-bond acceptors (Lipinski definition) is 4. The highest BCUT2D eigenvalue weighted by atomic mass is 16.5. The van der Waals surface area contributed by atoms with Gasteiger partial charge in [0.25, 0.3) is 12.5 Å². The van der Waals surface area contributed by atoms with Crippen molar-refractivity contribution in [2.45, 2.75) is 78.1 Å². The van der Waals surface area contributed by atoms with Gasteiger partial charge in [0.05, 0.1) is 0 Å². The van der Waals surface area contributed by atoms with Crippen molar-refractivity contribution >= 4 is 0 Å². The van der Waals surface area contributed by atoms with Gasteiger partial charge in [0.2, 0.25) is 0 Å². The van der Waals surface area contributed by atoms with Crippen LogP contribution in [-0.4, -0.2) is 0 Å². The summed E-state index contributed by atoms with van der Waals surface area (Å²) in [5.41, 5.74) is 4.78. The van der Waals surface area contributed by atoms with Gasteiger partial charge in [-0.2, -0.15) is 0 Å². The van der Waals surface area contributed by atoms with Crippen molar-refractivity contribution in [1.82, 2.24) is 0 Å². The van der Waals surface area contributed by atoms with Crippen molar-refractivity contribution in [2.75, 3.05) is 0 Å². The standard InChI is InChI=1S/C30H34N2O2/c1-19(2)29-13-22-12-28(5,14-29)15-30(16-29,24-9-7-21(4)11-26(24)34-18-32)27(22)23-8-6-20(3)10-25(23)33-17-31/h6-11,19,22,27H,12-16H2,1-5H3. The molecule has 2 aromatic carbocycles. The summed E-state index contributed by atoms with van der Waals surface area (Å²) in [5, 5.41) is 18.9. The van der Waals surface area contributed by atoms with Crippen LogP contribution in [0.4, 0.5) is 0 Å². The van der Waals surface area contributed by atoms with Gasteiger partial charge in [0.1, 0.15) is 11.5 Å². The fourth-order valence-electron chi connectivity index (χ4n) is 8.61. The molecule has 0 radical (unpaired) electrons. The van der Waals surface area contributed by atoms with Gasteiger partial charge < -0.3 is 9.47 Å². The molecule has 4 saturated carbocycles. The highest BCUT2D eigenvalue weighted by molar-refractivity contribution is 5.52. The molecule has 0 aromatic heterocycles. The third-order valence-electron chi connectivity index (χ3n) is 9.39. The van der Waals surface area contributed by atoms with Crippen molar-refractivity contribution in [2.24, 2.45) is 22.7 Å². The minimum absolute atomic E-state index is 0.179. The first-order chi connectivity index (χ1) is 16.2. The van der Waals surface area contributed by atoms with E-state index in [0.29, 0.717) is 23.3 Å². The number of ether oxygens (including phenoxy) is 2. The summed E-state index contributed by atoms with van der Waals surface area (Å²) in [5.74, 6) is 2.64. The molecule has 6 rings (SSSR count). The molecular formula is C30H34N2O2. The number of aryl methyl sites for hydroxylation is 2. The molecule has 4 heteroatoms. The maximum Gasteiger partial charge on any atom is 0.292 e. The number of rotatable bonds is 5. The Hall–Kier alpha value is -2.98. The minimum atomic E-state index is -0.179. The molecule has 4 nitrogen and oxygen atoms in total. The van der Waals surface area contributed by atoms with Crippen molar-refractivity contribution < 1.29 is 9.47 Å². The summed E-state index contributed by atoms with van der Waals surface area (Å²) in [6, 6.07) is 12.7. The number of hydrogen-bond donors (Lipinski definition) is 0. The summed E-state index contributed by atoms with van der Waals surface area (Å²) in [6.45, 7) is 11.3. The monoisotopic (exact) mass is 454 g/mol. The van der Waals surface area contributed by atoms with Gasteiger partial charge in [-0.15, -0.1) is 10.5 Å². The lowest BCUT2D eigenvalue weighted by atomic mass is 9.33. The molecule has 4 aliphatic carbocycles. The third kappa shape index (κ3) is 3.31. The SMILES string of the molecule is Cc1ccc(C2C3CC4(C)CC(C(C)C)(C3)CC2(c2ccc(C)cc2OC#N)C4)c(OC#N)c1. The van der Waals surface area contributed by atoms with Crippen LogP contribution < -0.4 is 9.47 Å². The number of nitriles is 2. The zero-order chi connectivity index (χ0) is 24.3. The Labute approximate surface area is 203 Å². The molecule has 0 heterocycles. The summed E-state index contributed by atoms with van der Waals surface area (Å²) in [6.07, 6.45) is 9.66. The Morgan fingerprint density at radius 2 is 1.53 bits per heavy atom. The lowest BCUT2D eigenvalue weighted by Gasteiger charge is -2.70. The molecule has 4 aliphatic rings. The highest BCUT2D eigenvalue weighted by Gasteiger charge is 2.67. The molecule has 34 heavy (non-hydrogen) atoms. The smallest absolute Gasteiger partial charge is 0.292 e. The van der Waals surface area contributed by atoms with Gasteiger partial charge in [-0.25, -0.2) is 0 Å². The fourth-order valence-corrected chi connectivity index (χ4v) is 8.61. The van der Waals surface area contributed by atoms with E-state index in [1.165, 1.54) is 19.3 Å². The van der Waals surface area contributed by atoms with Gasteiger partial charge in [-0.3, -0.25) is 0 Å². The fraction of sp³-hybridized carbons (Fsp3) is 0.533. The average Bonchev–Trinajstić information content (AvgIpc) is 2.74. The second-order valence-corrected chi connectivity index (χ2v) is 12.1. The molecule has 176 valence electrons. The lowest BCUT2D eigenvalue weighted by Crippen LogP contribution is -2.62. The Morgan fingerprint density at radius 3 is 2.21 bits per heavy atom. The summed E-state index contributed by atoms with van der Waals surface area (Å²) >= 11 is 0.